The van der Waals surface area contributed by atoms with Crippen molar-refractivity contribution in [3.8, 4) is 5.69 Å². The maximum Gasteiger partial charge on any atom is 0.358 e. The monoisotopic (exact) mass is 395 g/mol. The molecule has 3 aromatic rings. The van der Waals surface area contributed by atoms with Gasteiger partial charge in [0.15, 0.2) is 10.9 Å². The number of thioether (sulfide) groups is 1. The first-order chi connectivity index (χ1) is 13.5. The molecule has 0 aliphatic carbocycles. The number of imidazole rings is 1. The number of para-hydroxylation sites is 1. The zero-order chi connectivity index (χ0) is 20.1. The van der Waals surface area contributed by atoms with Crippen LogP contribution in [0.25, 0.3) is 5.69 Å². The minimum absolute atomic E-state index is 0.267. The fourth-order valence-electron chi connectivity index (χ4n) is 2.74. The first-order valence-electron chi connectivity index (χ1n) is 8.67. The van der Waals surface area contributed by atoms with Crippen molar-refractivity contribution in [1.82, 2.24) is 14.5 Å². The van der Waals surface area contributed by atoms with Gasteiger partial charge in [0, 0.05) is 25.3 Å². The van der Waals surface area contributed by atoms with Gasteiger partial charge in [0.25, 0.3) is 5.91 Å². The van der Waals surface area contributed by atoms with Crippen LogP contribution in [0.2, 0.25) is 0 Å². The summed E-state index contributed by atoms with van der Waals surface area (Å²) in [7, 11) is 3.26. The Morgan fingerprint density at radius 3 is 2.21 bits per heavy atom. The maximum atomic E-state index is 13.0. The topological polar surface area (TPSA) is 64.4 Å². The number of benzene rings is 2. The standard InChI is InChI=1S/C21H21N3O3S/c1-23(2)19(25)18(15-10-6-4-7-11-15)27-20(26)17-14-22-21(28-3)24(17)16-12-8-5-9-13-16/h4-14,18H,1-3H3/t18-/m1/s1. The number of rotatable bonds is 6. The van der Waals surface area contributed by atoms with Gasteiger partial charge in [-0.25, -0.2) is 9.78 Å². The Morgan fingerprint density at radius 1 is 1.04 bits per heavy atom. The summed E-state index contributed by atoms with van der Waals surface area (Å²) in [6.07, 6.45) is 2.34. The van der Waals surface area contributed by atoms with E-state index in [0.717, 1.165) is 5.69 Å². The Morgan fingerprint density at radius 2 is 1.64 bits per heavy atom. The smallest absolute Gasteiger partial charge is 0.358 e. The van der Waals surface area contributed by atoms with Gasteiger partial charge >= 0.3 is 5.97 Å². The van der Waals surface area contributed by atoms with Gasteiger partial charge in [-0.3, -0.25) is 9.36 Å². The molecule has 0 bridgehead atoms. The summed E-state index contributed by atoms with van der Waals surface area (Å²) in [5.41, 5.74) is 1.68. The Balaban J connectivity index is 1.97. The Kier molecular flexibility index (Phi) is 6.16. The Bertz CT molecular complexity index is 956. The van der Waals surface area contributed by atoms with E-state index in [1.807, 2.05) is 42.7 Å². The Hall–Kier alpha value is -3.06. The molecule has 0 radical (unpaired) electrons. The molecule has 1 amide bonds. The highest BCUT2D eigenvalue weighted by molar-refractivity contribution is 7.98. The fourth-order valence-corrected chi connectivity index (χ4v) is 3.28. The molecule has 0 saturated carbocycles. The molecule has 2 aromatic carbocycles. The lowest BCUT2D eigenvalue weighted by Gasteiger charge is -2.21. The van der Waals surface area contributed by atoms with Crippen LogP contribution in [0.1, 0.15) is 22.2 Å². The van der Waals surface area contributed by atoms with E-state index in [0.29, 0.717) is 10.7 Å². The normalized spacial score (nSPS) is 11.7. The van der Waals surface area contributed by atoms with Crippen molar-refractivity contribution < 1.29 is 14.3 Å². The third-order valence-corrected chi connectivity index (χ3v) is 4.78. The summed E-state index contributed by atoms with van der Waals surface area (Å²) in [4.78, 5) is 31.4. The molecule has 3 rings (SSSR count). The highest BCUT2D eigenvalue weighted by atomic mass is 32.2. The average molecular weight is 395 g/mol. The molecule has 28 heavy (non-hydrogen) atoms. The lowest BCUT2D eigenvalue weighted by Crippen LogP contribution is -2.31. The zero-order valence-corrected chi connectivity index (χ0v) is 16.7. The second kappa shape index (κ2) is 8.75. The number of likely N-dealkylation sites (N-methyl/N-ethyl adjacent to an activating group) is 1. The Labute approximate surface area is 168 Å². The number of hydrogen-bond donors (Lipinski definition) is 0. The summed E-state index contributed by atoms with van der Waals surface area (Å²) >= 11 is 1.42. The molecule has 0 aliphatic heterocycles. The van der Waals surface area contributed by atoms with E-state index >= 15 is 0 Å². The molecule has 0 N–H and O–H groups in total. The molecule has 1 atom stereocenters. The molecule has 0 unspecified atom stereocenters. The van der Waals surface area contributed by atoms with E-state index in [4.69, 9.17) is 4.74 Å². The average Bonchev–Trinajstić information content (AvgIpc) is 3.17. The van der Waals surface area contributed by atoms with Crippen LogP contribution < -0.4 is 0 Å². The molecular weight excluding hydrogens is 374 g/mol. The highest BCUT2D eigenvalue weighted by Gasteiger charge is 2.29. The second-order valence-corrected chi connectivity index (χ2v) is 7.00. The number of carbonyl (C=O) groups excluding carboxylic acids is 2. The summed E-state index contributed by atoms with van der Waals surface area (Å²) in [5, 5.41) is 0.661. The first-order valence-corrected chi connectivity index (χ1v) is 9.89. The van der Waals surface area contributed by atoms with Crippen LogP contribution in [0.4, 0.5) is 0 Å². The first kappa shape index (κ1) is 19.7. The molecule has 6 nitrogen and oxygen atoms in total. The third-order valence-electron chi connectivity index (χ3n) is 4.13. The van der Waals surface area contributed by atoms with Crippen LogP contribution in [-0.2, 0) is 9.53 Å². The van der Waals surface area contributed by atoms with Crippen molar-refractivity contribution in [2.45, 2.75) is 11.3 Å². The van der Waals surface area contributed by atoms with Gasteiger partial charge in [0.2, 0.25) is 6.10 Å². The van der Waals surface area contributed by atoms with Crippen LogP contribution >= 0.6 is 11.8 Å². The molecule has 0 fully saturated rings. The quantitative estimate of drug-likeness (QED) is 0.472. The van der Waals surface area contributed by atoms with Crippen LogP contribution in [0.5, 0.6) is 0 Å². The van der Waals surface area contributed by atoms with Gasteiger partial charge < -0.3 is 9.64 Å². The van der Waals surface area contributed by atoms with Crippen molar-refractivity contribution in [1.29, 1.82) is 0 Å². The lowest BCUT2D eigenvalue weighted by atomic mass is 10.1. The van der Waals surface area contributed by atoms with Crippen LogP contribution in [-0.4, -0.2) is 46.7 Å². The number of esters is 1. The summed E-state index contributed by atoms with van der Waals surface area (Å²) in [5.74, 6) is -0.920. The maximum absolute atomic E-state index is 13.0. The minimum Gasteiger partial charge on any atom is -0.443 e. The largest absolute Gasteiger partial charge is 0.443 e. The van der Waals surface area contributed by atoms with Crippen LogP contribution in [0.3, 0.4) is 0 Å². The van der Waals surface area contributed by atoms with Gasteiger partial charge in [0.05, 0.1) is 6.20 Å². The zero-order valence-electron chi connectivity index (χ0n) is 15.9. The van der Waals surface area contributed by atoms with Gasteiger partial charge in [-0.05, 0) is 18.4 Å². The summed E-state index contributed by atoms with van der Waals surface area (Å²) < 4.78 is 7.40. The van der Waals surface area contributed by atoms with Crippen LogP contribution in [0.15, 0.2) is 72.0 Å². The highest BCUT2D eigenvalue weighted by Crippen LogP contribution is 2.25. The number of aromatic nitrogens is 2. The summed E-state index contributed by atoms with van der Waals surface area (Å²) in [6, 6.07) is 18.4. The number of hydrogen-bond acceptors (Lipinski definition) is 5. The van der Waals surface area contributed by atoms with E-state index in [1.54, 1.807) is 42.9 Å². The van der Waals surface area contributed by atoms with Crippen molar-refractivity contribution >= 4 is 23.6 Å². The SMILES string of the molecule is CSc1ncc(C(=O)O[C@@H](C(=O)N(C)C)c2ccccc2)n1-c1ccccc1. The molecule has 0 saturated heterocycles. The van der Waals surface area contributed by atoms with Gasteiger partial charge in [-0.2, -0.15) is 0 Å². The predicted octanol–water partition coefficient (Wildman–Crippen LogP) is 3.58. The lowest BCUT2D eigenvalue weighted by molar-refractivity contribution is -0.138. The number of nitrogens with zero attached hydrogens (tertiary/aromatic N) is 3. The minimum atomic E-state index is -1.03. The van der Waals surface area contributed by atoms with E-state index in [-0.39, 0.29) is 11.6 Å². The fraction of sp³-hybridized carbons (Fsp3) is 0.190. The van der Waals surface area contributed by atoms with Crippen molar-refractivity contribution in [2.75, 3.05) is 20.4 Å². The van der Waals surface area contributed by atoms with Crippen molar-refractivity contribution in [3.63, 3.8) is 0 Å². The molecule has 0 spiro atoms. The van der Waals surface area contributed by atoms with Crippen molar-refractivity contribution in [2.24, 2.45) is 0 Å². The number of amides is 1. The second-order valence-electron chi connectivity index (χ2n) is 6.23. The number of ether oxygens (including phenoxy) is 1. The van der Waals surface area contributed by atoms with Gasteiger partial charge in [-0.15, -0.1) is 0 Å². The molecule has 1 aromatic heterocycles. The third kappa shape index (κ3) is 4.09. The molecule has 1 heterocycles. The van der Waals surface area contributed by atoms with Gasteiger partial charge in [-0.1, -0.05) is 60.3 Å². The molecule has 7 heteroatoms. The van der Waals surface area contributed by atoms with E-state index in [9.17, 15) is 9.59 Å². The van der Waals surface area contributed by atoms with E-state index < -0.39 is 12.1 Å². The van der Waals surface area contributed by atoms with E-state index in [1.165, 1.54) is 22.9 Å². The van der Waals surface area contributed by atoms with E-state index in [2.05, 4.69) is 4.98 Å². The predicted molar refractivity (Wildman–Crippen MR) is 109 cm³/mol. The van der Waals surface area contributed by atoms with Crippen molar-refractivity contribution in [3.05, 3.63) is 78.1 Å². The van der Waals surface area contributed by atoms with Gasteiger partial charge in [0.1, 0.15) is 0 Å². The van der Waals surface area contributed by atoms with Crippen LogP contribution in [0, 0.1) is 0 Å². The number of carbonyl (C=O) groups is 2. The molecular formula is C21H21N3O3S. The molecule has 144 valence electrons. The molecule has 0 aliphatic rings. The summed E-state index contributed by atoms with van der Waals surface area (Å²) in [6.45, 7) is 0.